The van der Waals surface area contributed by atoms with Gasteiger partial charge in [0.1, 0.15) is 0 Å². The van der Waals surface area contributed by atoms with Crippen LogP contribution in [0.5, 0.6) is 0 Å². The van der Waals surface area contributed by atoms with E-state index in [1.807, 2.05) is 0 Å². The molecule has 2 N–H and O–H groups in total. The van der Waals surface area contributed by atoms with Gasteiger partial charge in [0, 0.05) is 25.7 Å². The van der Waals surface area contributed by atoms with Gasteiger partial charge in [-0.25, -0.2) is 0 Å². The van der Waals surface area contributed by atoms with Gasteiger partial charge < -0.3 is 15.5 Å². The number of hydrogen-bond acceptors (Lipinski definition) is 3. The zero-order valence-electron chi connectivity index (χ0n) is 10.2. The second kappa shape index (κ2) is 4.81. The lowest BCUT2D eigenvalue weighted by molar-refractivity contribution is 0.144. The van der Waals surface area contributed by atoms with Gasteiger partial charge in [0.25, 0.3) is 0 Å². The fourth-order valence-electron chi connectivity index (χ4n) is 2.96. The van der Waals surface area contributed by atoms with Gasteiger partial charge in [-0.3, -0.25) is 0 Å². The Balaban J connectivity index is 1.75. The van der Waals surface area contributed by atoms with Crippen LogP contribution in [0.3, 0.4) is 0 Å². The summed E-state index contributed by atoms with van der Waals surface area (Å²) in [6.45, 7) is 8.58. The van der Waals surface area contributed by atoms with Gasteiger partial charge in [-0.1, -0.05) is 6.92 Å². The van der Waals surface area contributed by atoms with Crippen molar-refractivity contribution in [2.24, 2.45) is 17.6 Å². The second-order valence-corrected chi connectivity index (χ2v) is 5.61. The number of rotatable bonds is 2. The third-order valence-corrected chi connectivity index (χ3v) is 4.06. The van der Waals surface area contributed by atoms with Crippen LogP contribution in [0.4, 0.5) is 0 Å². The van der Waals surface area contributed by atoms with Crippen LogP contribution < -0.4 is 5.73 Å². The van der Waals surface area contributed by atoms with E-state index in [0.29, 0.717) is 12.0 Å². The Morgan fingerprint density at radius 2 is 2.00 bits per heavy atom. The van der Waals surface area contributed by atoms with Gasteiger partial charge in [-0.15, -0.1) is 0 Å². The molecule has 2 aliphatic rings. The van der Waals surface area contributed by atoms with E-state index < -0.39 is 0 Å². The maximum atomic E-state index is 6.04. The van der Waals surface area contributed by atoms with Crippen molar-refractivity contribution < 1.29 is 0 Å². The van der Waals surface area contributed by atoms with Crippen LogP contribution in [0.25, 0.3) is 0 Å². The normalized spacial score (nSPS) is 39.8. The average Bonchev–Trinajstić information content (AvgIpc) is 2.58. The highest BCUT2D eigenvalue weighted by atomic mass is 15.2. The second-order valence-electron chi connectivity index (χ2n) is 5.61. The number of nitrogens with zero attached hydrogens (tertiary/aromatic N) is 2. The van der Waals surface area contributed by atoms with E-state index in [1.54, 1.807) is 0 Å². The van der Waals surface area contributed by atoms with Gasteiger partial charge in [-0.05, 0) is 44.8 Å². The van der Waals surface area contributed by atoms with Crippen LogP contribution in [0, 0.1) is 11.8 Å². The summed E-state index contributed by atoms with van der Waals surface area (Å²) >= 11 is 0. The monoisotopic (exact) mass is 211 g/mol. The summed E-state index contributed by atoms with van der Waals surface area (Å²) in [5.41, 5.74) is 6.04. The molecule has 2 heterocycles. The fraction of sp³-hybridized carbons (Fsp3) is 1.00. The third-order valence-electron chi connectivity index (χ3n) is 4.06. The molecule has 0 bridgehead atoms. The summed E-state index contributed by atoms with van der Waals surface area (Å²) in [6, 6.07) is 0.438. The first-order valence-electron chi connectivity index (χ1n) is 6.31. The van der Waals surface area contributed by atoms with E-state index in [1.165, 1.54) is 45.6 Å². The summed E-state index contributed by atoms with van der Waals surface area (Å²) < 4.78 is 0. The van der Waals surface area contributed by atoms with Crippen LogP contribution in [-0.2, 0) is 0 Å². The van der Waals surface area contributed by atoms with E-state index in [9.17, 15) is 0 Å². The molecule has 0 amide bonds. The minimum Gasteiger partial charge on any atom is -0.327 e. The molecule has 88 valence electrons. The molecule has 0 radical (unpaired) electrons. The number of nitrogens with two attached hydrogens (primary N) is 1. The van der Waals surface area contributed by atoms with Gasteiger partial charge >= 0.3 is 0 Å². The van der Waals surface area contributed by atoms with Crippen molar-refractivity contribution in [3.8, 4) is 0 Å². The molecule has 3 heteroatoms. The molecule has 0 aliphatic carbocycles. The molecule has 3 nitrogen and oxygen atoms in total. The maximum absolute atomic E-state index is 6.04. The van der Waals surface area contributed by atoms with Crippen molar-refractivity contribution in [1.29, 1.82) is 0 Å². The molecular formula is C12H25N3. The zero-order valence-corrected chi connectivity index (χ0v) is 10.2. The smallest absolute Gasteiger partial charge is 0.00889 e. The lowest BCUT2D eigenvalue weighted by atomic mass is 9.94. The first kappa shape index (κ1) is 11.4. The number of likely N-dealkylation sites (tertiary alicyclic amines) is 2. The highest BCUT2D eigenvalue weighted by molar-refractivity contribution is 4.83. The van der Waals surface area contributed by atoms with E-state index in [-0.39, 0.29) is 0 Å². The molecule has 2 rings (SSSR count). The first-order valence-corrected chi connectivity index (χ1v) is 6.31. The first-order chi connectivity index (χ1) is 7.15. The van der Waals surface area contributed by atoms with Crippen molar-refractivity contribution in [1.82, 2.24) is 9.80 Å². The van der Waals surface area contributed by atoms with E-state index >= 15 is 0 Å². The molecule has 0 aromatic carbocycles. The highest BCUT2D eigenvalue weighted by Gasteiger charge is 2.27. The number of piperidine rings is 1. The predicted molar refractivity (Wildman–Crippen MR) is 63.8 cm³/mol. The van der Waals surface area contributed by atoms with Gasteiger partial charge in [0.15, 0.2) is 0 Å². The topological polar surface area (TPSA) is 32.5 Å². The largest absolute Gasteiger partial charge is 0.327 e. The maximum Gasteiger partial charge on any atom is 0.00889 e. The molecule has 0 aromatic rings. The summed E-state index contributed by atoms with van der Waals surface area (Å²) in [6.07, 6.45) is 2.57. The Kier molecular flexibility index (Phi) is 3.65. The molecule has 0 aromatic heterocycles. The Morgan fingerprint density at radius 3 is 2.60 bits per heavy atom. The minimum atomic E-state index is 0.438. The van der Waals surface area contributed by atoms with E-state index in [2.05, 4.69) is 23.8 Å². The van der Waals surface area contributed by atoms with E-state index in [4.69, 9.17) is 5.73 Å². The van der Waals surface area contributed by atoms with Gasteiger partial charge in [-0.2, -0.15) is 0 Å². The minimum absolute atomic E-state index is 0.438. The predicted octanol–water partition coefficient (Wildman–Crippen LogP) is 0.607. The van der Waals surface area contributed by atoms with Crippen LogP contribution in [0.15, 0.2) is 0 Å². The van der Waals surface area contributed by atoms with Crippen molar-refractivity contribution in [2.45, 2.75) is 25.8 Å². The molecule has 0 saturated carbocycles. The molecule has 2 saturated heterocycles. The van der Waals surface area contributed by atoms with Crippen LogP contribution in [-0.4, -0.2) is 55.6 Å². The van der Waals surface area contributed by atoms with Crippen LogP contribution in [0.2, 0.25) is 0 Å². The van der Waals surface area contributed by atoms with Crippen LogP contribution >= 0.6 is 0 Å². The summed E-state index contributed by atoms with van der Waals surface area (Å²) in [7, 11) is 2.23. The van der Waals surface area contributed by atoms with E-state index in [0.717, 1.165) is 5.92 Å². The molecule has 2 aliphatic heterocycles. The summed E-state index contributed by atoms with van der Waals surface area (Å²) in [4.78, 5) is 5.07. The summed E-state index contributed by atoms with van der Waals surface area (Å²) in [5, 5.41) is 0. The molecule has 2 fully saturated rings. The van der Waals surface area contributed by atoms with Gasteiger partial charge in [0.2, 0.25) is 0 Å². The fourth-order valence-corrected chi connectivity index (χ4v) is 2.96. The van der Waals surface area contributed by atoms with Crippen molar-refractivity contribution in [3.63, 3.8) is 0 Å². The molecule has 3 atom stereocenters. The lowest BCUT2D eigenvalue weighted by Crippen LogP contribution is -2.47. The summed E-state index contributed by atoms with van der Waals surface area (Å²) in [5.74, 6) is 1.58. The molecule has 0 spiro atoms. The SMILES string of the molecule is CC1CN(CC2CCN(C)C2)CCC1N. The Hall–Kier alpha value is -0.120. The van der Waals surface area contributed by atoms with Crippen molar-refractivity contribution in [3.05, 3.63) is 0 Å². The molecular weight excluding hydrogens is 186 g/mol. The van der Waals surface area contributed by atoms with Crippen LogP contribution in [0.1, 0.15) is 19.8 Å². The molecule has 15 heavy (non-hydrogen) atoms. The number of hydrogen-bond donors (Lipinski definition) is 1. The quantitative estimate of drug-likeness (QED) is 0.726. The third kappa shape index (κ3) is 2.92. The zero-order chi connectivity index (χ0) is 10.8. The highest BCUT2D eigenvalue weighted by Crippen LogP contribution is 2.20. The standard InChI is InChI=1S/C12H25N3/c1-10-7-15(6-4-12(10)13)9-11-3-5-14(2)8-11/h10-12H,3-9,13H2,1-2H3. The lowest BCUT2D eigenvalue weighted by Gasteiger charge is -2.36. The van der Waals surface area contributed by atoms with Crippen molar-refractivity contribution in [2.75, 3.05) is 39.8 Å². The Morgan fingerprint density at radius 1 is 1.20 bits per heavy atom. The van der Waals surface area contributed by atoms with Crippen molar-refractivity contribution >= 4 is 0 Å². The van der Waals surface area contributed by atoms with Gasteiger partial charge in [0.05, 0.1) is 0 Å². The average molecular weight is 211 g/mol. The Labute approximate surface area is 93.6 Å². The Bertz CT molecular complexity index is 207. The molecule has 3 unspecified atom stereocenters.